The van der Waals surface area contributed by atoms with Crippen molar-refractivity contribution in [3.05, 3.63) is 24.0 Å². The second-order valence-corrected chi connectivity index (χ2v) is 12.6. The van der Waals surface area contributed by atoms with Crippen LogP contribution in [0.15, 0.2) is 18.2 Å². The highest BCUT2D eigenvalue weighted by Gasteiger charge is 2.31. The van der Waals surface area contributed by atoms with E-state index in [0.29, 0.717) is 24.8 Å². The van der Waals surface area contributed by atoms with Crippen LogP contribution in [0, 0.1) is 5.92 Å². The Labute approximate surface area is 215 Å². The third kappa shape index (κ3) is 7.80. The summed E-state index contributed by atoms with van der Waals surface area (Å²) in [4.78, 5) is 4.95. The van der Waals surface area contributed by atoms with Gasteiger partial charge in [-0.2, -0.15) is 0 Å². The topological polar surface area (TPSA) is 50.3 Å². The van der Waals surface area contributed by atoms with E-state index in [0.717, 1.165) is 50.2 Å². The fourth-order valence-electron chi connectivity index (χ4n) is 4.82. The molecule has 5 nitrogen and oxygen atoms in total. The van der Waals surface area contributed by atoms with E-state index in [1.807, 2.05) is 0 Å². The van der Waals surface area contributed by atoms with Gasteiger partial charge in [0.25, 0.3) is 0 Å². The van der Waals surface area contributed by atoms with Crippen molar-refractivity contribution in [2.24, 2.45) is 11.7 Å². The van der Waals surface area contributed by atoms with Gasteiger partial charge in [0, 0.05) is 63.1 Å². The summed E-state index contributed by atoms with van der Waals surface area (Å²) in [7, 11) is 2.13. The van der Waals surface area contributed by atoms with Crippen LogP contribution in [-0.2, 0) is 12.0 Å². The van der Waals surface area contributed by atoms with Gasteiger partial charge in [-0.1, -0.05) is 34.1 Å². The predicted molar refractivity (Wildman–Crippen MR) is 146 cm³/mol. The van der Waals surface area contributed by atoms with Gasteiger partial charge >= 0.3 is 0 Å². The molecular weight excluding hydrogens is 464 g/mol. The second-order valence-electron chi connectivity index (χ2n) is 11.3. The molecule has 8 heteroatoms. The van der Waals surface area contributed by atoms with Crippen LogP contribution in [0.1, 0.15) is 85.4 Å². The summed E-state index contributed by atoms with van der Waals surface area (Å²) in [6.07, 6.45) is 4.76. The zero-order chi connectivity index (χ0) is 25.8. The number of benzene rings is 1. The van der Waals surface area contributed by atoms with Crippen molar-refractivity contribution in [1.82, 2.24) is 13.9 Å². The fourth-order valence-corrected chi connectivity index (χ4v) is 5.75. The Bertz CT molecular complexity index is 947. The summed E-state index contributed by atoms with van der Waals surface area (Å²) in [6, 6.07) is 6.98. The summed E-state index contributed by atoms with van der Waals surface area (Å²) >= 11 is 1.78. The van der Waals surface area contributed by atoms with E-state index in [2.05, 4.69) is 73.0 Å². The zero-order valence-corrected chi connectivity index (χ0v) is 23.3. The maximum atomic E-state index is 12.6. The molecule has 1 saturated carbocycles. The molecule has 1 aromatic carbocycles. The minimum Gasteiger partial charge on any atom is -0.328 e. The largest absolute Gasteiger partial charge is 0.328 e. The molecule has 2 N–H and O–H groups in total. The third-order valence-corrected chi connectivity index (χ3v) is 8.11. The van der Waals surface area contributed by atoms with Crippen molar-refractivity contribution in [3.8, 4) is 0 Å². The molecule has 1 aliphatic heterocycles. The Balaban J connectivity index is 0.000000287. The van der Waals surface area contributed by atoms with Crippen LogP contribution in [0.2, 0.25) is 0 Å². The summed E-state index contributed by atoms with van der Waals surface area (Å²) in [5, 5.41) is 0. The number of fused-ring (bicyclic) bond motifs is 1. The summed E-state index contributed by atoms with van der Waals surface area (Å²) in [5.74, 6) is -0.694. The van der Waals surface area contributed by atoms with Crippen molar-refractivity contribution in [3.63, 3.8) is 0 Å². The number of anilines is 1. The van der Waals surface area contributed by atoms with Gasteiger partial charge in [0.1, 0.15) is 5.82 Å². The molecule has 1 atom stereocenters. The van der Waals surface area contributed by atoms with Gasteiger partial charge < -0.3 is 14.6 Å². The van der Waals surface area contributed by atoms with Crippen LogP contribution in [0.25, 0.3) is 11.0 Å². The molecule has 2 aromatic rings. The molecule has 0 spiro atoms. The van der Waals surface area contributed by atoms with Crippen LogP contribution in [0.4, 0.5) is 14.5 Å². The Hall–Kier alpha value is -1.38. The quantitative estimate of drug-likeness (QED) is 0.355. The van der Waals surface area contributed by atoms with Crippen molar-refractivity contribution >= 4 is 28.9 Å². The van der Waals surface area contributed by atoms with Gasteiger partial charge in [-0.05, 0) is 56.7 Å². The first-order valence-electron chi connectivity index (χ1n) is 13.2. The minimum absolute atomic E-state index is 0.0441. The zero-order valence-electron chi connectivity index (χ0n) is 22.5. The van der Waals surface area contributed by atoms with Crippen LogP contribution in [0.3, 0.4) is 0 Å². The van der Waals surface area contributed by atoms with Crippen molar-refractivity contribution in [2.45, 2.75) is 103 Å². The summed E-state index contributed by atoms with van der Waals surface area (Å²) in [5.41, 5.74) is 9.54. The van der Waals surface area contributed by atoms with Gasteiger partial charge in [-0.3, -0.25) is 0 Å². The summed E-state index contributed by atoms with van der Waals surface area (Å²) < 4.78 is 32.2. The number of imidazole rings is 1. The van der Waals surface area contributed by atoms with Gasteiger partial charge in [0.2, 0.25) is 5.92 Å². The van der Waals surface area contributed by atoms with Crippen LogP contribution in [-0.4, -0.2) is 46.0 Å². The molecule has 35 heavy (non-hydrogen) atoms. The molecule has 0 bridgehead atoms. The lowest BCUT2D eigenvalue weighted by atomic mass is 9.96. The molecule has 1 saturated heterocycles. The molecular formula is C27H45F2N5S. The van der Waals surface area contributed by atoms with E-state index in [1.165, 1.54) is 11.2 Å². The SMILES string of the molecule is CC1CCCC(F)(F)CC1.CCn1c(C(C)(C)C)nc2cc(N(C)SN3CCC(N)CC3)ccc21. The standard InChI is InChI=1S/C19H31N5S.C8H14F2/c1-6-24-17-8-7-15(13-16(17)21-18(24)19(2,3)4)22(5)25-23-11-9-14(20)10-12-23;1-7-3-2-5-8(9,10)6-4-7/h7-8,13-14H,6,9-12,20H2,1-5H3;7H,2-6H2,1H3. The first kappa shape index (κ1) is 28.2. The van der Waals surface area contributed by atoms with E-state index in [4.69, 9.17) is 10.7 Å². The van der Waals surface area contributed by atoms with Crippen LogP contribution < -0.4 is 10.0 Å². The molecule has 1 aromatic heterocycles. The van der Waals surface area contributed by atoms with Gasteiger partial charge in [0.15, 0.2) is 0 Å². The molecule has 1 aliphatic carbocycles. The molecule has 2 fully saturated rings. The Morgan fingerprint density at radius 2 is 1.83 bits per heavy atom. The number of halogens is 2. The first-order chi connectivity index (χ1) is 16.4. The molecule has 0 radical (unpaired) electrons. The molecule has 0 amide bonds. The fraction of sp³-hybridized carbons (Fsp3) is 0.741. The van der Waals surface area contributed by atoms with E-state index >= 15 is 0 Å². The number of rotatable bonds is 4. The highest BCUT2D eigenvalue weighted by Crippen LogP contribution is 2.34. The monoisotopic (exact) mass is 509 g/mol. The highest BCUT2D eigenvalue weighted by molar-refractivity contribution is 7.98. The summed E-state index contributed by atoms with van der Waals surface area (Å²) in [6.45, 7) is 14.0. The lowest BCUT2D eigenvalue weighted by Crippen LogP contribution is -2.37. The number of nitrogens with zero attached hydrogens (tertiary/aromatic N) is 4. The number of hydrogen-bond acceptors (Lipinski definition) is 5. The number of piperidine rings is 1. The number of nitrogens with two attached hydrogens (primary N) is 1. The average Bonchev–Trinajstić information content (AvgIpc) is 3.10. The van der Waals surface area contributed by atoms with Crippen LogP contribution in [0.5, 0.6) is 0 Å². The average molecular weight is 510 g/mol. The number of aryl methyl sites for hydroxylation is 1. The Morgan fingerprint density at radius 1 is 1.14 bits per heavy atom. The minimum atomic E-state index is -2.36. The smallest absolute Gasteiger partial charge is 0.248 e. The van der Waals surface area contributed by atoms with Gasteiger partial charge in [0.05, 0.1) is 16.7 Å². The predicted octanol–water partition coefficient (Wildman–Crippen LogP) is 7.00. The molecule has 2 heterocycles. The van der Waals surface area contributed by atoms with Crippen molar-refractivity contribution < 1.29 is 8.78 Å². The maximum absolute atomic E-state index is 12.6. The second kappa shape index (κ2) is 11.8. The van der Waals surface area contributed by atoms with E-state index in [9.17, 15) is 8.78 Å². The maximum Gasteiger partial charge on any atom is 0.248 e. The molecule has 1 unspecified atom stereocenters. The first-order valence-corrected chi connectivity index (χ1v) is 13.9. The van der Waals surface area contributed by atoms with Crippen LogP contribution >= 0.6 is 12.1 Å². The third-order valence-electron chi connectivity index (χ3n) is 7.06. The lowest BCUT2D eigenvalue weighted by Gasteiger charge is -2.32. The Morgan fingerprint density at radius 3 is 2.46 bits per heavy atom. The highest BCUT2D eigenvalue weighted by atomic mass is 32.2. The number of hydrogen-bond donors (Lipinski definition) is 1. The number of alkyl halides is 2. The van der Waals surface area contributed by atoms with E-state index in [-0.39, 0.29) is 18.3 Å². The van der Waals surface area contributed by atoms with Crippen molar-refractivity contribution in [2.75, 3.05) is 24.4 Å². The van der Waals surface area contributed by atoms with E-state index < -0.39 is 5.92 Å². The normalized spacial score (nSPS) is 21.9. The van der Waals surface area contributed by atoms with Gasteiger partial charge in [-0.15, -0.1) is 0 Å². The number of aromatic nitrogens is 2. The molecule has 2 aliphatic rings. The Kier molecular flexibility index (Phi) is 9.49. The molecule has 198 valence electrons. The van der Waals surface area contributed by atoms with E-state index in [1.54, 1.807) is 12.1 Å². The van der Waals surface area contributed by atoms with Crippen molar-refractivity contribution in [1.29, 1.82) is 0 Å². The molecule has 4 rings (SSSR count). The van der Waals surface area contributed by atoms with Gasteiger partial charge in [-0.25, -0.2) is 18.1 Å². The lowest BCUT2D eigenvalue weighted by molar-refractivity contribution is -0.0146.